The first-order valence-corrected chi connectivity index (χ1v) is 6.85. The summed E-state index contributed by atoms with van der Waals surface area (Å²) in [4.78, 5) is 0. The van der Waals surface area contributed by atoms with E-state index in [1.807, 2.05) is 13.8 Å². The smallest absolute Gasteiger partial charge is 0.257 e. The average molecular weight is 261 g/mol. The van der Waals surface area contributed by atoms with Gasteiger partial charge in [0, 0.05) is 20.2 Å². The zero-order valence-corrected chi connectivity index (χ0v) is 11.2. The Hall–Kier alpha value is -0.920. The number of sulfonamides is 1. The number of aliphatic hydroxyl groups excluding tert-OH is 1. The Bertz CT molecular complexity index is 465. The summed E-state index contributed by atoms with van der Waals surface area (Å²) >= 11 is 0. The molecule has 1 heterocycles. The van der Waals surface area contributed by atoms with Crippen molar-refractivity contribution in [2.24, 2.45) is 12.5 Å². The summed E-state index contributed by atoms with van der Waals surface area (Å²) in [6.45, 7) is 4.12. The molecular weight excluding hydrogens is 242 g/mol. The molecule has 0 amide bonds. The highest BCUT2D eigenvalue weighted by atomic mass is 32.2. The van der Waals surface area contributed by atoms with E-state index in [-0.39, 0.29) is 23.6 Å². The van der Waals surface area contributed by atoms with E-state index in [2.05, 4.69) is 9.82 Å². The second-order valence-electron chi connectivity index (χ2n) is 4.76. The SMILES string of the molecule is Cn1nccc1S(=O)(=O)NCC(C)(C)CCO. The van der Waals surface area contributed by atoms with Gasteiger partial charge in [-0.05, 0) is 17.9 Å². The summed E-state index contributed by atoms with van der Waals surface area (Å²) in [6, 6.07) is 1.45. The fourth-order valence-corrected chi connectivity index (χ4v) is 2.74. The van der Waals surface area contributed by atoms with Gasteiger partial charge < -0.3 is 5.11 Å². The highest BCUT2D eigenvalue weighted by Crippen LogP contribution is 2.19. The van der Waals surface area contributed by atoms with Crippen molar-refractivity contribution in [2.75, 3.05) is 13.2 Å². The lowest BCUT2D eigenvalue weighted by molar-refractivity contribution is 0.213. The normalized spacial score (nSPS) is 12.9. The monoisotopic (exact) mass is 261 g/mol. The third kappa shape index (κ3) is 3.79. The van der Waals surface area contributed by atoms with Crippen molar-refractivity contribution in [1.29, 1.82) is 0 Å². The van der Waals surface area contributed by atoms with Gasteiger partial charge in [-0.25, -0.2) is 13.1 Å². The third-order valence-corrected chi connectivity index (χ3v) is 4.06. The van der Waals surface area contributed by atoms with Gasteiger partial charge in [0.05, 0.1) is 6.20 Å². The minimum Gasteiger partial charge on any atom is -0.396 e. The molecule has 0 atom stereocenters. The zero-order chi connectivity index (χ0) is 13.1. The molecule has 17 heavy (non-hydrogen) atoms. The second kappa shape index (κ2) is 5.16. The summed E-state index contributed by atoms with van der Waals surface area (Å²) in [5, 5.41) is 12.8. The zero-order valence-electron chi connectivity index (χ0n) is 10.3. The topological polar surface area (TPSA) is 84.2 Å². The molecule has 0 saturated heterocycles. The van der Waals surface area contributed by atoms with Gasteiger partial charge in [-0.3, -0.25) is 4.68 Å². The maximum absolute atomic E-state index is 11.9. The Labute approximate surface area is 102 Å². The van der Waals surface area contributed by atoms with Crippen LogP contribution in [0.15, 0.2) is 17.3 Å². The number of hydrogen-bond acceptors (Lipinski definition) is 4. The van der Waals surface area contributed by atoms with Crippen LogP contribution in [-0.2, 0) is 17.1 Å². The van der Waals surface area contributed by atoms with Gasteiger partial charge in [0.1, 0.15) is 0 Å². The molecule has 0 saturated carbocycles. The number of aromatic nitrogens is 2. The number of aliphatic hydroxyl groups is 1. The van der Waals surface area contributed by atoms with Crippen molar-refractivity contribution in [3.63, 3.8) is 0 Å². The van der Waals surface area contributed by atoms with Gasteiger partial charge in [-0.1, -0.05) is 13.8 Å². The number of rotatable bonds is 6. The molecule has 1 rings (SSSR count). The largest absolute Gasteiger partial charge is 0.396 e. The van der Waals surface area contributed by atoms with Crippen molar-refractivity contribution < 1.29 is 13.5 Å². The van der Waals surface area contributed by atoms with Gasteiger partial charge in [0.25, 0.3) is 10.0 Å². The van der Waals surface area contributed by atoms with Gasteiger partial charge in [-0.2, -0.15) is 5.10 Å². The molecule has 98 valence electrons. The molecule has 2 N–H and O–H groups in total. The predicted molar refractivity (Wildman–Crippen MR) is 63.9 cm³/mol. The standard InChI is InChI=1S/C10H19N3O3S/c1-10(2,5-7-14)8-12-17(15,16)9-4-6-11-13(9)3/h4,6,12,14H,5,7-8H2,1-3H3. The number of nitrogens with one attached hydrogen (secondary N) is 1. The van der Waals surface area contributed by atoms with Crippen LogP contribution in [0.1, 0.15) is 20.3 Å². The fourth-order valence-electron chi connectivity index (χ4n) is 1.38. The summed E-state index contributed by atoms with van der Waals surface area (Å²) in [7, 11) is -1.95. The molecular formula is C10H19N3O3S. The van der Waals surface area contributed by atoms with Crippen LogP contribution in [0.25, 0.3) is 0 Å². The molecule has 0 aliphatic rings. The van der Waals surface area contributed by atoms with Crippen LogP contribution in [0.4, 0.5) is 0 Å². The first kappa shape index (κ1) is 14.1. The second-order valence-corrected chi connectivity index (χ2v) is 6.47. The van der Waals surface area contributed by atoms with Crippen LogP contribution in [0, 0.1) is 5.41 Å². The van der Waals surface area contributed by atoms with E-state index in [4.69, 9.17) is 5.11 Å². The molecule has 6 nitrogen and oxygen atoms in total. The van der Waals surface area contributed by atoms with E-state index in [0.717, 1.165) is 0 Å². The van der Waals surface area contributed by atoms with Crippen LogP contribution in [-0.4, -0.2) is 36.5 Å². The lowest BCUT2D eigenvalue weighted by Gasteiger charge is -2.23. The summed E-state index contributed by atoms with van der Waals surface area (Å²) < 4.78 is 27.7. The highest BCUT2D eigenvalue weighted by Gasteiger charge is 2.23. The number of nitrogens with zero attached hydrogens (tertiary/aromatic N) is 2. The molecule has 0 unspecified atom stereocenters. The van der Waals surface area contributed by atoms with Crippen LogP contribution in [0.5, 0.6) is 0 Å². The summed E-state index contributed by atoms with van der Waals surface area (Å²) in [6.07, 6.45) is 1.98. The van der Waals surface area contributed by atoms with E-state index >= 15 is 0 Å². The predicted octanol–water partition coefficient (Wildman–Crippen LogP) is 0.107. The first-order valence-electron chi connectivity index (χ1n) is 5.37. The van der Waals surface area contributed by atoms with Crippen LogP contribution >= 0.6 is 0 Å². The van der Waals surface area contributed by atoms with Gasteiger partial charge in [0.15, 0.2) is 5.03 Å². The summed E-state index contributed by atoms with van der Waals surface area (Å²) in [5.74, 6) is 0. The quantitative estimate of drug-likeness (QED) is 0.761. The van der Waals surface area contributed by atoms with Crippen LogP contribution in [0.3, 0.4) is 0 Å². The summed E-state index contributed by atoms with van der Waals surface area (Å²) in [5.41, 5.74) is -0.277. The Morgan fingerprint density at radius 3 is 2.65 bits per heavy atom. The van der Waals surface area contributed by atoms with E-state index in [1.165, 1.54) is 16.9 Å². The molecule has 1 aromatic heterocycles. The molecule has 0 bridgehead atoms. The molecule has 0 spiro atoms. The molecule has 0 fully saturated rings. The Morgan fingerprint density at radius 1 is 1.53 bits per heavy atom. The number of aryl methyl sites for hydroxylation is 1. The Kier molecular flexibility index (Phi) is 4.29. The van der Waals surface area contributed by atoms with Gasteiger partial charge in [0.2, 0.25) is 0 Å². The van der Waals surface area contributed by atoms with E-state index < -0.39 is 10.0 Å². The highest BCUT2D eigenvalue weighted by molar-refractivity contribution is 7.89. The minimum atomic E-state index is -3.53. The lowest BCUT2D eigenvalue weighted by atomic mass is 9.90. The maximum Gasteiger partial charge on any atom is 0.257 e. The van der Waals surface area contributed by atoms with Crippen molar-refractivity contribution >= 4 is 10.0 Å². The first-order chi connectivity index (χ1) is 7.78. The van der Waals surface area contributed by atoms with Crippen molar-refractivity contribution in [1.82, 2.24) is 14.5 Å². The fraction of sp³-hybridized carbons (Fsp3) is 0.700. The molecule has 0 aliphatic heterocycles. The van der Waals surface area contributed by atoms with Gasteiger partial charge >= 0.3 is 0 Å². The molecule has 1 aromatic rings. The van der Waals surface area contributed by atoms with E-state index in [1.54, 1.807) is 7.05 Å². The minimum absolute atomic E-state index is 0.0421. The third-order valence-electron chi connectivity index (χ3n) is 2.58. The maximum atomic E-state index is 11.9. The van der Waals surface area contributed by atoms with Gasteiger partial charge in [-0.15, -0.1) is 0 Å². The molecule has 0 aliphatic carbocycles. The average Bonchev–Trinajstić information content (AvgIpc) is 2.63. The molecule has 0 radical (unpaired) electrons. The van der Waals surface area contributed by atoms with E-state index in [0.29, 0.717) is 6.42 Å². The molecule has 7 heteroatoms. The lowest BCUT2D eigenvalue weighted by Crippen LogP contribution is -2.35. The Balaban J connectivity index is 2.73. The van der Waals surface area contributed by atoms with Crippen molar-refractivity contribution in [3.8, 4) is 0 Å². The van der Waals surface area contributed by atoms with E-state index in [9.17, 15) is 8.42 Å². The van der Waals surface area contributed by atoms with Crippen molar-refractivity contribution in [2.45, 2.75) is 25.3 Å². The van der Waals surface area contributed by atoms with Crippen LogP contribution in [0.2, 0.25) is 0 Å². The Morgan fingerprint density at radius 2 is 2.18 bits per heavy atom. The molecule has 0 aromatic carbocycles. The van der Waals surface area contributed by atoms with Crippen molar-refractivity contribution in [3.05, 3.63) is 12.3 Å². The van der Waals surface area contributed by atoms with Crippen LogP contribution < -0.4 is 4.72 Å². The number of hydrogen-bond donors (Lipinski definition) is 2.